The van der Waals surface area contributed by atoms with Crippen molar-refractivity contribution in [1.29, 1.82) is 0 Å². The van der Waals surface area contributed by atoms with Crippen molar-refractivity contribution in [3.8, 4) is 0 Å². The van der Waals surface area contributed by atoms with E-state index in [0.29, 0.717) is 38.5 Å². The molecule has 0 spiro atoms. The lowest BCUT2D eigenvalue weighted by Gasteiger charge is -2.71. The second-order valence-corrected chi connectivity index (χ2v) is 25.7. The van der Waals surface area contributed by atoms with Gasteiger partial charge in [-0.3, -0.25) is 0 Å². The van der Waals surface area contributed by atoms with Gasteiger partial charge in [-0.15, -0.1) is 0 Å². The van der Waals surface area contributed by atoms with Crippen LogP contribution in [0.3, 0.4) is 0 Å². The molecule has 4 saturated carbocycles. The van der Waals surface area contributed by atoms with Gasteiger partial charge in [0.05, 0.1) is 44.2 Å². The summed E-state index contributed by atoms with van der Waals surface area (Å²) in [6.07, 6.45) is -25.8. The molecule has 15 N–H and O–H groups in total. The van der Waals surface area contributed by atoms with Crippen LogP contribution in [0.25, 0.3) is 0 Å². The number of ether oxygens (including phenoxy) is 8. The average Bonchev–Trinajstić information content (AvgIpc) is 4.01. The second-order valence-electron chi connectivity index (χ2n) is 25.7. The molecule has 4 aliphatic heterocycles. The van der Waals surface area contributed by atoms with E-state index in [9.17, 15) is 76.6 Å². The van der Waals surface area contributed by atoms with E-state index < -0.39 is 178 Å². The minimum Gasteiger partial charge on any atom is -0.394 e. The molecule has 0 bridgehead atoms. The zero-order chi connectivity index (χ0) is 56.6. The van der Waals surface area contributed by atoms with E-state index in [0.717, 1.165) is 24.8 Å². The first-order chi connectivity index (χ1) is 36.1. The molecule has 4 saturated heterocycles. The van der Waals surface area contributed by atoms with Gasteiger partial charge in [0.25, 0.3) is 0 Å². The molecule has 446 valence electrons. The van der Waals surface area contributed by atoms with Crippen molar-refractivity contribution >= 4 is 0 Å². The lowest BCUT2D eigenvalue weighted by Crippen LogP contribution is -2.68. The first-order valence-corrected chi connectivity index (χ1v) is 27.9. The van der Waals surface area contributed by atoms with Gasteiger partial charge in [-0.25, -0.2) is 0 Å². The zero-order valence-electron chi connectivity index (χ0n) is 45.8. The molecule has 23 nitrogen and oxygen atoms in total. The Kier molecular flexibility index (Phi) is 18.9. The fourth-order valence-electron chi connectivity index (χ4n) is 16.3. The van der Waals surface area contributed by atoms with Gasteiger partial charge in [-0.2, -0.15) is 0 Å². The van der Waals surface area contributed by atoms with E-state index >= 15 is 0 Å². The van der Waals surface area contributed by atoms with E-state index in [4.69, 9.17) is 37.9 Å². The summed E-state index contributed by atoms with van der Waals surface area (Å²) < 4.78 is 49.7. The fraction of sp³-hybridized carbons (Fsp3) is 0.963. The smallest absolute Gasteiger partial charge is 0.187 e. The Labute approximate surface area is 450 Å². The number of hydrogen-bond donors (Lipinski definition) is 15. The lowest BCUT2D eigenvalue weighted by atomic mass is 9.35. The predicted octanol–water partition coefficient (Wildman–Crippen LogP) is -2.20. The second kappa shape index (κ2) is 23.5. The normalized spacial score (nSPS) is 52.7. The summed E-state index contributed by atoms with van der Waals surface area (Å²) in [6.45, 7) is 14.3. The van der Waals surface area contributed by atoms with Crippen LogP contribution in [0.4, 0.5) is 0 Å². The van der Waals surface area contributed by atoms with E-state index in [-0.39, 0.29) is 34.5 Å². The third kappa shape index (κ3) is 10.8. The van der Waals surface area contributed by atoms with E-state index in [1.807, 2.05) is 20.8 Å². The highest BCUT2D eigenvalue weighted by Crippen LogP contribution is 2.76. The Hall–Kier alpha value is -1.18. The maximum Gasteiger partial charge on any atom is 0.187 e. The molecular formula is C54H92O23. The van der Waals surface area contributed by atoms with Crippen molar-refractivity contribution < 1.29 is 114 Å². The van der Waals surface area contributed by atoms with Crippen molar-refractivity contribution in [2.75, 3.05) is 26.4 Å². The van der Waals surface area contributed by atoms with Gasteiger partial charge in [0.1, 0.15) is 97.7 Å². The standard InChI is InChI=1S/C54H92O23/c1-23(2)10-9-14-54(8,77-49-45(41(67)37(63)29(22-58)73-49)76-47-43(69)39(65)35(61)27(20-56)71-47)24-11-16-53(7)33(24)25(59)18-31-51(5)15-13-32(50(3,4)30(51)12-17-52(31,53)6)74-48-44(40(66)36(62)28(21-57)72-48)75-46-42(68)38(64)34(60)26(19-55)70-46/h10,24-49,55-69H,9,11-22H2,1-8H3. The molecule has 30 atom stereocenters. The Morgan fingerprint density at radius 2 is 0.974 bits per heavy atom. The number of allylic oxidation sites excluding steroid dienone is 2. The number of aliphatic hydroxyl groups excluding tert-OH is 15. The molecule has 8 fully saturated rings. The molecule has 8 aliphatic rings. The SMILES string of the molecule is CC(C)=CCCC(C)(OC1OC(CO)C(O)C(O)C1OC1OC(CO)C(O)C(O)C1O)C1CCC2(C)C1C(O)CC1C3(C)CCC(OC4OC(CO)C(O)C(O)C4OC4OC(CO)C(O)C(O)C4O)C(C)(C)C3CCC12C. The zero-order valence-corrected chi connectivity index (χ0v) is 45.8. The summed E-state index contributed by atoms with van der Waals surface area (Å²) in [7, 11) is 0. The summed E-state index contributed by atoms with van der Waals surface area (Å²) in [6, 6.07) is 0. The monoisotopic (exact) mass is 1110 g/mol. The summed E-state index contributed by atoms with van der Waals surface area (Å²) in [5.74, 6) is -0.575. The number of fused-ring (bicyclic) bond motifs is 5. The van der Waals surface area contributed by atoms with Gasteiger partial charge in [-0.1, -0.05) is 46.3 Å². The molecule has 0 radical (unpaired) electrons. The molecule has 0 aromatic carbocycles. The molecule has 30 unspecified atom stereocenters. The van der Waals surface area contributed by atoms with Crippen molar-refractivity contribution in [1.82, 2.24) is 0 Å². The Morgan fingerprint density at radius 3 is 1.47 bits per heavy atom. The van der Waals surface area contributed by atoms with Gasteiger partial charge >= 0.3 is 0 Å². The summed E-state index contributed by atoms with van der Waals surface area (Å²) in [5.41, 5.74) is -1.73. The molecule has 77 heavy (non-hydrogen) atoms. The van der Waals surface area contributed by atoms with Crippen LogP contribution in [0.1, 0.15) is 113 Å². The maximum atomic E-state index is 12.9. The molecule has 0 amide bonds. The van der Waals surface area contributed by atoms with Crippen LogP contribution in [0, 0.1) is 45.3 Å². The molecule has 0 aromatic heterocycles. The fourth-order valence-corrected chi connectivity index (χ4v) is 16.3. The van der Waals surface area contributed by atoms with Crippen LogP contribution in [0.2, 0.25) is 0 Å². The van der Waals surface area contributed by atoms with Gasteiger partial charge in [0.15, 0.2) is 25.2 Å². The van der Waals surface area contributed by atoms with Gasteiger partial charge in [-0.05, 0) is 124 Å². The van der Waals surface area contributed by atoms with Crippen LogP contribution >= 0.6 is 0 Å². The molecule has 8 rings (SSSR count). The van der Waals surface area contributed by atoms with Gasteiger partial charge in [0.2, 0.25) is 0 Å². The number of rotatable bonds is 16. The lowest BCUT2D eigenvalue weighted by molar-refractivity contribution is -0.382. The minimum atomic E-state index is -1.85. The predicted molar refractivity (Wildman–Crippen MR) is 266 cm³/mol. The third-order valence-electron chi connectivity index (χ3n) is 20.9. The topological polar surface area (TPSA) is 377 Å². The first kappa shape index (κ1) is 61.9. The number of aliphatic hydroxyl groups is 15. The van der Waals surface area contributed by atoms with E-state index in [1.54, 1.807) is 0 Å². The summed E-state index contributed by atoms with van der Waals surface area (Å²) in [5, 5.41) is 162. The Balaban J connectivity index is 1.05. The third-order valence-corrected chi connectivity index (χ3v) is 20.9. The first-order valence-electron chi connectivity index (χ1n) is 27.9. The minimum absolute atomic E-state index is 0.0192. The number of hydrogen-bond acceptors (Lipinski definition) is 23. The van der Waals surface area contributed by atoms with E-state index in [2.05, 4.69) is 40.7 Å². The highest BCUT2D eigenvalue weighted by molar-refractivity contribution is 5.21. The molecule has 4 heterocycles. The Morgan fingerprint density at radius 1 is 0.519 bits per heavy atom. The van der Waals surface area contributed by atoms with Crippen molar-refractivity contribution in [2.24, 2.45) is 45.3 Å². The molecule has 4 aliphatic carbocycles. The van der Waals surface area contributed by atoms with Crippen LogP contribution in [-0.4, -0.2) is 244 Å². The van der Waals surface area contributed by atoms with Crippen LogP contribution < -0.4 is 0 Å². The highest BCUT2D eigenvalue weighted by atomic mass is 16.8. The van der Waals surface area contributed by atoms with Crippen molar-refractivity contribution in [3.05, 3.63) is 11.6 Å². The largest absolute Gasteiger partial charge is 0.394 e. The van der Waals surface area contributed by atoms with Crippen molar-refractivity contribution in [2.45, 2.75) is 254 Å². The van der Waals surface area contributed by atoms with Crippen LogP contribution in [0.5, 0.6) is 0 Å². The highest BCUT2D eigenvalue weighted by Gasteiger charge is 2.72. The van der Waals surface area contributed by atoms with E-state index in [1.165, 1.54) is 0 Å². The maximum absolute atomic E-state index is 12.9. The quantitative estimate of drug-likeness (QED) is 0.0576. The van der Waals surface area contributed by atoms with Gasteiger partial charge in [0, 0.05) is 0 Å². The average molecular weight is 1110 g/mol. The Bertz CT molecular complexity index is 1990. The van der Waals surface area contributed by atoms with Gasteiger partial charge < -0.3 is 114 Å². The van der Waals surface area contributed by atoms with Crippen LogP contribution in [-0.2, 0) is 37.9 Å². The van der Waals surface area contributed by atoms with Crippen molar-refractivity contribution in [3.63, 3.8) is 0 Å². The summed E-state index contributed by atoms with van der Waals surface area (Å²) in [4.78, 5) is 0. The molecule has 0 aromatic rings. The van der Waals surface area contributed by atoms with Crippen LogP contribution in [0.15, 0.2) is 11.6 Å². The molecular weight excluding hydrogens is 1020 g/mol. The summed E-state index contributed by atoms with van der Waals surface area (Å²) >= 11 is 0. The molecule has 23 heteroatoms.